The molecule has 8 rings (SSSR count). The number of hydrogen-bond donors (Lipinski definition) is 0. The molecule has 5 heteroatoms. The van der Waals surface area contributed by atoms with Crippen LogP contribution in [0.1, 0.15) is 0 Å². The molecule has 0 aliphatic carbocycles. The molecular weight excluding hydrogens is 562 g/mol. The van der Waals surface area contributed by atoms with Gasteiger partial charge in [-0.1, -0.05) is 127 Å². The number of rotatable bonds is 6. The maximum atomic E-state index is 5.06. The van der Waals surface area contributed by atoms with Crippen molar-refractivity contribution in [2.45, 2.75) is 0 Å². The van der Waals surface area contributed by atoms with Gasteiger partial charge in [-0.05, 0) is 45.7 Å². The lowest BCUT2D eigenvalue weighted by Crippen LogP contribution is -2.00. The Kier molecular flexibility index (Phi) is 7.09. The molecule has 0 radical (unpaired) electrons. The van der Waals surface area contributed by atoms with E-state index in [1.807, 2.05) is 54.7 Å². The molecule has 0 fully saturated rings. The van der Waals surface area contributed by atoms with Crippen molar-refractivity contribution in [3.63, 3.8) is 0 Å². The van der Waals surface area contributed by atoms with Crippen LogP contribution in [0, 0.1) is 0 Å². The summed E-state index contributed by atoms with van der Waals surface area (Å²) in [4.78, 5) is 23.9. The van der Waals surface area contributed by atoms with Crippen LogP contribution in [0.3, 0.4) is 0 Å². The van der Waals surface area contributed by atoms with Gasteiger partial charge in [0.1, 0.15) is 0 Å². The first-order chi connectivity index (χ1) is 22.8. The molecule has 0 saturated carbocycles. The van der Waals surface area contributed by atoms with E-state index in [0.29, 0.717) is 17.5 Å². The van der Waals surface area contributed by atoms with Crippen molar-refractivity contribution in [3.8, 4) is 67.7 Å². The van der Waals surface area contributed by atoms with Gasteiger partial charge in [-0.2, -0.15) is 0 Å². The van der Waals surface area contributed by atoms with E-state index in [-0.39, 0.29) is 0 Å². The van der Waals surface area contributed by atoms with Crippen molar-refractivity contribution >= 4 is 10.8 Å². The minimum absolute atomic E-state index is 0.630. The predicted octanol–water partition coefficient (Wildman–Crippen LogP) is 9.82. The van der Waals surface area contributed by atoms with Crippen molar-refractivity contribution < 1.29 is 0 Å². The van der Waals surface area contributed by atoms with Crippen LogP contribution in [0.4, 0.5) is 0 Å². The minimum atomic E-state index is 0.630. The molecular formula is C41H27N5. The van der Waals surface area contributed by atoms with Crippen LogP contribution in [0.15, 0.2) is 164 Å². The molecule has 5 aromatic carbocycles. The van der Waals surface area contributed by atoms with Crippen LogP contribution < -0.4 is 0 Å². The second-order valence-corrected chi connectivity index (χ2v) is 11.0. The first-order valence-corrected chi connectivity index (χ1v) is 15.2. The van der Waals surface area contributed by atoms with Crippen LogP contribution >= 0.6 is 0 Å². The van der Waals surface area contributed by atoms with Gasteiger partial charge in [-0.3, -0.25) is 9.97 Å². The fraction of sp³-hybridized carbons (Fsp3) is 0. The van der Waals surface area contributed by atoms with E-state index in [0.717, 1.165) is 55.4 Å². The second kappa shape index (κ2) is 12.0. The highest BCUT2D eigenvalue weighted by Gasteiger charge is 2.16. The highest BCUT2D eigenvalue weighted by molar-refractivity contribution is 6.03. The summed E-state index contributed by atoms with van der Waals surface area (Å²) in [5.41, 5.74) is 9.23. The molecule has 0 atom stereocenters. The fourth-order valence-corrected chi connectivity index (χ4v) is 5.79. The van der Waals surface area contributed by atoms with E-state index >= 15 is 0 Å². The first-order valence-electron chi connectivity index (χ1n) is 15.2. The Bertz CT molecular complexity index is 2270. The molecule has 8 aromatic rings. The van der Waals surface area contributed by atoms with Crippen LogP contribution in [-0.4, -0.2) is 24.9 Å². The van der Waals surface area contributed by atoms with E-state index in [2.05, 4.69) is 102 Å². The lowest BCUT2D eigenvalue weighted by molar-refractivity contribution is 1.08. The van der Waals surface area contributed by atoms with Crippen LogP contribution in [0.2, 0.25) is 0 Å². The average molecular weight is 590 g/mol. The molecule has 0 amide bonds. The van der Waals surface area contributed by atoms with E-state index < -0.39 is 0 Å². The lowest BCUT2D eigenvalue weighted by atomic mass is 9.96. The molecule has 3 aromatic heterocycles. The van der Waals surface area contributed by atoms with Crippen LogP contribution in [0.5, 0.6) is 0 Å². The molecule has 46 heavy (non-hydrogen) atoms. The number of aromatic nitrogens is 5. The third kappa shape index (κ3) is 5.31. The van der Waals surface area contributed by atoms with E-state index in [4.69, 9.17) is 19.9 Å². The van der Waals surface area contributed by atoms with Gasteiger partial charge in [0.25, 0.3) is 0 Å². The normalized spacial score (nSPS) is 11.0. The summed E-state index contributed by atoms with van der Waals surface area (Å²) in [6.07, 6.45) is 5.50. The SMILES string of the molecule is c1ccc(-c2ccc(-c3nc(-c4ccccc4)nc(-c4cccc5c(-c6ccc(-c7ccncc7)nc6)cccc45)n3)cc2)cc1. The van der Waals surface area contributed by atoms with Gasteiger partial charge in [-0.25, -0.2) is 15.0 Å². The van der Waals surface area contributed by atoms with Gasteiger partial charge in [0.05, 0.1) is 5.69 Å². The van der Waals surface area contributed by atoms with Crippen LogP contribution in [-0.2, 0) is 0 Å². The van der Waals surface area contributed by atoms with Crippen molar-refractivity contribution in [1.82, 2.24) is 24.9 Å². The number of nitrogens with zero attached hydrogens (tertiary/aromatic N) is 5. The molecule has 0 aliphatic rings. The Balaban J connectivity index is 1.23. The number of pyridine rings is 2. The van der Waals surface area contributed by atoms with Crippen molar-refractivity contribution in [2.75, 3.05) is 0 Å². The van der Waals surface area contributed by atoms with Gasteiger partial charge in [0, 0.05) is 46.4 Å². The molecule has 0 bridgehead atoms. The summed E-state index contributed by atoms with van der Waals surface area (Å²) in [6, 6.07) is 49.6. The second-order valence-electron chi connectivity index (χ2n) is 11.0. The summed E-state index contributed by atoms with van der Waals surface area (Å²) < 4.78 is 0. The molecule has 0 aliphatic heterocycles. The number of benzene rings is 5. The third-order valence-electron chi connectivity index (χ3n) is 8.13. The van der Waals surface area contributed by atoms with Crippen LogP contribution in [0.25, 0.3) is 78.4 Å². The van der Waals surface area contributed by atoms with E-state index in [1.54, 1.807) is 12.4 Å². The van der Waals surface area contributed by atoms with Crippen molar-refractivity contribution in [2.24, 2.45) is 0 Å². The zero-order valence-electron chi connectivity index (χ0n) is 24.8. The van der Waals surface area contributed by atoms with Gasteiger partial charge >= 0.3 is 0 Å². The number of fused-ring (bicyclic) bond motifs is 1. The van der Waals surface area contributed by atoms with Crippen molar-refractivity contribution in [3.05, 3.63) is 164 Å². The molecule has 0 spiro atoms. The molecule has 0 unspecified atom stereocenters. The summed E-state index contributed by atoms with van der Waals surface area (Å²) in [5, 5.41) is 2.17. The zero-order chi connectivity index (χ0) is 30.7. The van der Waals surface area contributed by atoms with Gasteiger partial charge in [0.15, 0.2) is 17.5 Å². The quantitative estimate of drug-likeness (QED) is 0.193. The standard InChI is InChI=1S/C41H27N5/c1-3-9-28(10-4-1)29-17-19-32(20-18-29)40-44-39(31-11-5-2-6-12-31)45-41(46-40)37-16-8-14-35-34(13-7-15-36(35)37)33-21-22-38(43-27-33)30-23-25-42-26-24-30/h1-27H. The lowest BCUT2D eigenvalue weighted by Gasteiger charge is -2.13. The summed E-state index contributed by atoms with van der Waals surface area (Å²) >= 11 is 0. The smallest absolute Gasteiger partial charge is 0.164 e. The highest BCUT2D eigenvalue weighted by atomic mass is 15.0. The maximum Gasteiger partial charge on any atom is 0.164 e. The average Bonchev–Trinajstić information content (AvgIpc) is 3.15. The van der Waals surface area contributed by atoms with E-state index in [1.165, 1.54) is 5.56 Å². The Morgan fingerprint density at radius 2 is 0.848 bits per heavy atom. The summed E-state index contributed by atoms with van der Waals surface area (Å²) in [5.74, 6) is 1.90. The minimum Gasteiger partial charge on any atom is -0.265 e. The Hall–Kier alpha value is -6.33. The molecule has 3 heterocycles. The van der Waals surface area contributed by atoms with Crippen molar-refractivity contribution in [1.29, 1.82) is 0 Å². The topological polar surface area (TPSA) is 64.5 Å². The van der Waals surface area contributed by atoms with Gasteiger partial charge in [-0.15, -0.1) is 0 Å². The number of hydrogen-bond acceptors (Lipinski definition) is 5. The molecule has 216 valence electrons. The monoisotopic (exact) mass is 589 g/mol. The maximum absolute atomic E-state index is 5.06. The Morgan fingerprint density at radius 1 is 0.326 bits per heavy atom. The summed E-state index contributed by atoms with van der Waals surface area (Å²) in [7, 11) is 0. The largest absolute Gasteiger partial charge is 0.265 e. The summed E-state index contributed by atoms with van der Waals surface area (Å²) in [6.45, 7) is 0. The first kappa shape index (κ1) is 27.2. The predicted molar refractivity (Wildman–Crippen MR) is 186 cm³/mol. The third-order valence-corrected chi connectivity index (χ3v) is 8.13. The van der Waals surface area contributed by atoms with Gasteiger partial charge < -0.3 is 0 Å². The van der Waals surface area contributed by atoms with Gasteiger partial charge in [0.2, 0.25) is 0 Å². The highest BCUT2D eigenvalue weighted by Crippen LogP contribution is 2.35. The van der Waals surface area contributed by atoms with E-state index in [9.17, 15) is 0 Å². The Morgan fingerprint density at radius 3 is 1.50 bits per heavy atom. The zero-order valence-corrected chi connectivity index (χ0v) is 24.8. The molecule has 5 nitrogen and oxygen atoms in total. The Labute approximate surface area is 267 Å². The molecule has 0 saturated heterocycles. The molecule has 0 N–H and O–H groups in total. The fourth-order valence-electron chi connectivity index (χ4n) is 5.79.